The zero-order valence-corrected chi connectivity index (χ0v) is 8.52. The molecule has 8 heteroatoms. The van der Waals surface area contributed by atoms with Crippen molar-refractivity contribution in [1.82, 2.24) is 20.0 Å². The van der Waals surface area contributed by atoms with Gasteiger partial charge in [-0.05, 0) is 12.1 Å². The Labute approximate surface area is 94.0 Å². The molecule has 2 aromatic heterocycles. The Bertz CT molecular complexity index is 511. The number of carbonyl (C=O) groups excluding carboxylic acids is 1. The van der Waals surface area contributed by atoms with Gasteiger partial charge in [-0.15, -0.1) is 0 Å². The maximum Gasteiger partial charge on any atom is 0.348 e. The number of rotatable bonds is 1. The summed E-state index contributed by atoms with van der Waals surface area (Å²) in [5.74, 6) is -0.829. The summed E-state index contributed by atoms with van der Waals surface area (Å²) < 4.78 is 13.2. The van der Waals surface area contributed by atoms with Crippen LogP contribution in [0.2, 0.25) is 5.15 Å². The van der Waals surface area contributed by atoms with Gasteiger partial charge in [0.05, 0.1) is 18.1 Å². The third kappa shape index (κ3) is 2.31. The number of hydrogen-bond acceptors (Lipinski definition) is 4. The van der Waals surface area contributed by atoms with Crippen molar-refractivity contribution in [2.75, 3.05) is 5.32 Å². The summed E-state index contributed by atoms with van der Waals surface area (Å²) in [5.41, 5.74) is 0.422. The number of pyridine rings is 1. The highest BCUT2D eigenvalue weighted by Crippen LogP contribution is 2.09. The summed E-state index contributed by atoms with van der Waals surface area (Å²) in [5, 5.41) is 9.05. The Hall–Kier alpha value is -2.02. The topological polar surface area (TPSA) is 72.7 Å². The van der Waals surface area contributed by atoms with E-state index >= 15 is 0 Å². The SMILES string of the molecule is O=C(Nc1ccc(Cl)nc1)n1cc(F)nn1. The van der Waals surface area contributed by atoms with Crippen LogP contribution >= 0.6 is 11.6 Å². The fourth-order valence-corrected chi connectivity index (χ4v) is 1.08. The number of amides is 1. The molecule has 2 aromatic rings. The van der Waals surface area contributed by atoms with Crippen molar-refractivity contribution in [2.45, 2.75) is 0 Å². The lowest BCUT2D eigenvalue weighted by Crippen LogP contribution is -2.20. The summed E-state index contributed by atoms with van der Waals surface area (Å²) in [6.07, 6.45) is 2.23. The first-order chi connectivity index (χ1) is 7.65. The maximum atomic E-state index is 12.5. The molecule has 2 rings (SSSR count). The van der Waals surface area contributed by atoms with Gasteiger partial charge in [-0.3, -0.25) is 0 Å². The van der Waals surface area contributed by atoms with Gasteiger partial charge in [-0.2, -0.15) is 9.07 Å². The van der Waals surface area contributed by atoms with Gasteiger partial charge in [0, 0.05) is 0 Å². The highest BCUT2D eigenvalue weighted by atomic mass is 35.5. The molecule has 0 atom stereocenters. The minimum Gasteiger partial charge on any atom is -0.305 e. The Morgan fingerprint density at radius 2 is 2.31 bits per heavy atom. The third-order valence-corrected chi connectivity index (χ3v) is 1.88. The lowest BCUT2D eigenvalue weighted by molar-refractivity contribution is 0.250. The highest BCUT2D eigenvalue weighted by Gasteiger charge is 2.08. The molecule has 1 N–H and O–H groups in total. The molecule has 0 saturated carbocycles. The molecule has 82 valence electrons. The Kier molecular flexibility index (Phi) is 2.78. The minimum atomic E-state index is -0.829. The molecule has 0 aromatic carbocycles. The van der Waals surface area contributed by atoms with Gasteiger partial charge < -0.3 is 5.32 Å². The number of aromatic nitrogens is 4. The summed E-state index contributed by atoms with van der Waals surface area (Å²) in [6.45, 7) is 0. The number of nitrogens with zero attached hydrogens (tertiary/aromatic N) is 4. The number of hydrogen-bond donors (Lipinski definition) is 1. The number of nitrogens with one attached hydrogen (secondary N) is 1. The molecule has 0 unspecified atom stereocenters. The van der Waals surface area contributed by atoms with Gasteiger partial charge in [0.2, 0.25) is 0 Å². The van der Waals surface area contributed by atoms with Crippen molar-refractivity contribution in [3.8, 4) is 0 Å². The standard InChI is InChI=1S/C8H5ClFN5O/c9-6-2-1-5(3-11-6)12-8(16)15-4-7(10)13-14-15/h1-4H,(H,12,16). The van der Waals surface area contributed by atoms with Gasteiger partial charge in [0.25, 0.3) is 5.95 Å². The zero-order chi connectivity index (χ0) is 11.5. The molecule has 0 aliphatic carbocycles. The van der Waals surface area contributed by atoms with Crippen LogP contribution in [0.25, 0.3) is 0 Å². The summed E-state index contributed by atoms with van der Waals surface area (Å²) >= 11 is 5.57. The summed E-state index contributed by atoms with van der Waals surface area (Å²) in [6, 6.07) is 2.43. The van der Waals surface area contributed by atoms with E-state index in [1.165, 1.54) is 12.3 Å². The van der Waals surface area contributed by atoms with Crippen LogP contribution < -0.4 is 5.32 Å². The summed E-state index contributed by atoms with van der Waals surface area (Å²) in [4.78, 5) is 15.2. The highest BCUT2D eigenvalue weighted by molar-refractivity contribution is 6.29. The van der Waals surface area contributed by atoms with Crippen LogP contribution in [0.1, 0.15) is 0 Å². The second-order valence-corrected chi connectivity index (χ2v) is 3.17. The predicted octanol–water partition coefficient (Wildman–Crippen LogP) is 1.55. The second kappa shape index (κ2) is 4.23. The van der Waals surface area contributed by atoms with Gasteiger partial charge in [-0.25, -0.2) is 9.78 Å². The van der Waals surface area contributed by atoms with Crippen molar-refractivity contribution < 1.29 is 9.18 Å². The molecule has 1 amide bonds. The van der Waals surface area contributed by atoms with Crippen LogP contribution in [0.4, 0.5) is 14.9 Å². The smallest absolute Gasteiger partial charge is 0.305 e. The van der Waals surface area contributed by atoms with Gasteiger partial charge in [-0.1, -0.05) is 21.9 Å². The van der Waals surface area contributed by atoms with E-state index in [0.717, 1.165) is 10.9 Å². The van der Waals surface area contributed by atoms with Crippen LogP contribution in [0.3, 0.4) is 0 Å². The molecule has 0 bridgehead atoms. The fraction of sp³-hybridized carbons (Fsp3) is 0. The molecule has 0 radical (unpaired) electrons. The van der Waals surface area contributed by atoms with Crippen LogP contribution in [-0.4, -0.2) is 26.0 Å². The average molecular weight is 242 g/mol. The third-order valence-electron chi connectivity index (χ3n) is 1.65. The Morgan fingerprint density at radius 1 is 1.50 bits per heavy atom. The van der Waals surface area contributed by atoms with Gasteiger partial charge in [0.15, 0.2) is 0 Å². The lowest BCUT2D eigenvalue weighted by atomic mass is 10.4. The van der Waals surface area contributed by atoms with E-state index in [9.17, 15) is 9.18 Å². The zero-order valence-electron chi connectivity index (χ0n) is 7.76. The Morgan fingerprint density at radius 3 is 2.88 bits per heavy atom. The Balaban J connectivity index is 2.10. The van der Waals surface area contributed by atoms with E-state index in [-0.39, 0.29) is 0 Å². The molecular weight excluding hydrogens is 237 g/mol. The van der Waals surface area contributed by atoms with E-state index < -0.39 is 12.0 Å². The molecule has 0 aliphatic heterocycles. The molecule has 0 fully saturated rings. The van der Waals surface area contributed by atoms with Gasteiger partial charge >= 0.3 is 6.03 Å². The molecule has 2 heterocycles. The molecule has 0 spiro atoms. The van der Waals surface area contributed by atoms with Crippen molar-refractivity contribution in [3.05, 3.63) is 35.6 Å². The first-order valence-electron chi connectivity index (χ1n) is 4.16. The maximum absolute atomic E-state index is 12.5. The van der Waals surface area contributed by atoms with Crippen molar-refractivity contribution in [1.29, 1.82) is 0 Å². The fourth-order valence-electron chi connectivity index (χ4n) is 0.973. The molecule has 6 nitrogen and oxygen atoms in total. The average Bonchev–Trinajstić information content (AvgIpc) is 2.68. The van der Waals surface area contributed by atoms with E-state index in [2.05, 4.69) is 20.6 Å². The number of halogens is 2. The second-order valence-electron chi connectivity index (χ2n) is 2.79. The van der Waals surface area contributed by atoms with Crippen molar-refractivity contribution in [2.24, 2.45) is 0 Å². The number of carbonyl (C=O) groups is 1. The van der Waals surface area contributed by atoms with E-state index in [1.54, 1.807) is 6.07 Å². The van der Waals surface area contributed by atoms with Crippen molar-refractivity contribution >= 4 is 23.3 Å². The summed E-state index contributed by atoms with van der Waals surface area (Å²) in [7, 11) is 0. The normalized spacial score (nSPS) is 10.1. The van der Waals surface area contributed by atoms with Crippen molar-refractivity contribution in [3.63, 3.8) is 0 Å². The first kappa shape index (κ1) is 10.5. The number of anilines is 1. The monoisotopic (exact) mass is 241 g/mol. The van der Waals surface area contributed by atoms with Crippen LogP contribution in [0.15, 0.2) is 24.5 Å². The predicted molar refractivity (Wildman–Crippen MR) is 53.6 cm³/mol. The largest absolute Gasteiger partial charge is 0.348 e. The quantitative estimate of drug-likeness (QED) is 0.769. The van der Waals surface area contributed by atoms with Crippen LogP contribution in [-0.2, 0) is 0 Å². The van der Waals surface area contributed by atoms with E-state index in [1.807, 2.05) is 0 Å². The first-order valence-corrected chi connectivity index (χ1v) is 4.54. The van der Waals surface area contributed by atoms with E-state index in [0.29, 0.717) is 10.8 Å². The molecule has 0 saturated heterocycles. The molecular formula is C8H5ClFN5O. The minimum absolute atomic E-state index is 0.310. The van der Waals surface area contributed by atoms with Crippen LogP contribution in [0.5, 0.6) is 0 Å². The van der Waals surface area contributed by atoms with Gasteiger partial charge in [0.1, 0.15) is 5.15 Å². The van der Waals surface area contributed by atoms with Crippen LogP contribution in [0, 0.1) is 5.95 Å². The molecule has 16 heavy (non-hydrogen) atoms. The lowest BCUT2D eigenvalue weighted by Gasteiger charge is -2.02. The molecule has 0 aliphatic rings. The van der Waals surface area contributed by atoms with E-state index in [4.69, 9.17) is 11.6 Å².